The average Bonchev–Trinajstić information content (AvgIpc) is 2.19. The first-order valence-electron chi connectivity index (χ1n) is 6.05. The van der Waals surface area contributed by atoms with Crippen molar-refractivity contribution in [2.75, 3.05) is 0 Å². The van der Waals surface area contributed by atoms with E-state index in [1.807, 2.05) is 11.8 Å². The van der Waals surface area contributed by atoms with Crippen molar-refractivity contribution in [3.05, 3.63) is 28.8 Å². The van der Waals surface area contributed by atoms with E-state index in [0.717, 1.165) is 23.4 Å². The molecule has 2 N–H and O–H groups in total. The van der Waals surface area contributed by atoms with Crippen molar-refractivity contribution in [2.45, 2.75) is 56.2 Å². The first-order chi connectivity index (χ1) is 7.81. The quantitative estimate of drug-likeness (QED) is 0.816. The summed E-state index contributed by atoms with van der Waals surface area (Å²) < 4.78 is 0.213. The number of benzene rings is 1. The normalized spacial score (nSPS) is 13.8. The van der Waals surface area contributed by atoms with Gasteiger partial charge in [0.05, 0.1) is 0 Å². The lowest BCUT2D eigenvalue weighted by Crippen LogP contribution is -2.21. The molecular formula is C14H22ClNS. The lowest BCUT2D eigenvalue weighted by atomic mass is 10.1. The molecule has 0 aliphatic heterocycles. The van der Waals surface area contributed by atoms with Crippen LogP contribution in [0.25, 0.3) is 0 Å². The molecule has 1 aromatic carbocycles. The van der Waals surface area contributed by atoms with Crippen LogP contribution in [-0.2, 0) is 6.42 Å². The van der Waals surface area contributed by atoms with E-state index < -0.39 is 0 Å². The highest BCUT2D eigenvalue weighted by Crippen LogP contribution is 2.34. The fourth-order valence-corrected chi connectivity index (χ4v) is 2.88. The third-order valence-electron chi connectivity index (χ3n) is 2.46. The van der Waals surface area contributed by atoms with Gasteiger partial charge in [-0.05, 0) is 30.5 Å². The van der Waals surface area contributed by atoms with E-state index in [9.17, 15) is 0 Å². The van der Waals surface area contributed by atoms with Crippen molar-refractivity contribution in [1.29, 1.82) is 0 Å². The van der Waals surface area contributed by atoms with E-state index in [2.05, 4.69) is 45.9 Å². The fourth-order valence-electron chi connectivity index (χ4n) is 1.54. The fraction of sp³-hybridized carbons (Fsp3) is 0.571. The highest BCUT2D eigenvalue weighted by atomic mass is 35.5. The molecule has 0 aliphatic rings. The molecule has 0 saturated carbocycles. The third kappa shape index (κ3) is 5.33. The van der Waals surface area contributed by atoms with Gasteiger partial charge in [0.1, 0.15) is 0 Å². The van der Waals surface area contributed by atoms with Crippen molar-refractivity contribution < 1.29 is 0 Å². The van der Waals surface area contributed by atoms with Crippen LogP contribution in [0.15, 0.2) is 23.1 Å². The molecule has 0 radical (unpaired) electrons. The van der Waals surface area contributed by atoms with Crippen LogP contribution < -0.4 is 5.73 Å². The molecule has 0 spiro atoms. The zero-order chi connectivity index (χ0) is 13.1. The summed E-state index contributed by atoms with van der Waals surface area (Å²) in [5.74, 6) is 0. The molecule has 17 heavy (non-hydrogen) atoms. The van der Waals surface area contributed by atoms with Gasteiger partial charge in [-0.25, -0.2) is 0 Å². The molecule has 1 atom stereocenters. The zero-order valence-corrected chi connectivity index (χ0v) is 12.7. The Kier molecular flexibility index (Phi) is 5.36. The van der Waals surface area contributed by atoms with Crippen molar-refractivity contribution >= 4 is 23.4 Å². The molecule has 0 aromatic heterocycles. The van der Waals surface area contributed by atoms with E-state index in [-0.39, 0.29) is 10.8 Å². The van der Waals surface area contributed by atoms with Crippen LogP contribution in [0.1, 0.15) is 39.7 Å². The SMILES string of the molecule is CCC(N)Cc1ccc(SC(C)(C)C)cc1Cl. The van der Waals surface area contributed by atoms with E-state index >= 15 is 0 Å². The van der Waals surface area contributed by atoms with Crippen LogP contribution in [0.3, 0.4) is 0 Å². The molecule has 1 rings (SSSR count). The summed E-state index contributed by atoms with van der Waals surface area (Å²) in [7, 11) is 0. The Morgan fingerprint density at radius 1 is 1.35 bits per heavy atom. The maximum absolute atomic E-state index is 6.29. The molecule has 0 amide bonds. The predicted octanol–water partition coefficient (Wildman–Crippen LogP) is 4.51. The van der Waals surface area contributed by atoms with Gasteiger partial charge >= 0.3 is 0 Å². The average molecular weight is 272 g/mol. The van der Waals surface area contributed by atoms with Crippen LogP contribution in [-0.4, -0.2) is 10.8 Å². The first kappa shape index (κ1) is 14.9. The summed E-state index contributed by atoms with van der Waals surface area (Å²) in [4.78, 5) is 1.22. The summed E-state index contributed by atoms with van der Waals surface area (Å²) >= 11 is 8.12. The second-order valence-corrected chi connectivity index (χ2v) is 7.65. The molecule has 0 fully saturated rings. The number of thioether (sulfide) groups is 1. The number of hydrogen-bond acceptors (Lipinski definition) is 2. The molecule has 0 heterocycles. The Hall–Kier alpha value is -0.180. The smallest absolute Gasteiger partial charge is 0.0449 e. The van der Waals surface area contributed by atoms with Crippen LogP contribution in [0.5, 0.6) is 0 Å². The molecule has 0 bridgehead atoms. The number of hydrogen-bond donors (Lipinski definition) is 1. The third-order valence-corrected chi connectivity index (χ3v) is 3.91. The Balaban J connectivity index is 2.79. The molecule has 0 saturated heterocycles. The minimum atomic E-state index is 0.202. The minimum Gasteiger partial charge on any atom is -0.327 e. The van der Waals surface area contributed by atoms with Gasteiger partial charge in [0.25, 0.3) is 0 Å². The van der Waals surface area contributed by atoms with E-state index in [0.29, 0.717) is 0 Å². The molecule has 96 valence electrons. The van der Waals surface area contributed by atoms with Gasteiger partial charge in [-0.15, -0.1) is 11.8 Å². The Bertz CT molecular complexity index is 371. The molecule has 0 aliphatic carbocycles. The maximum atomic E-state index is 6.29. The number of halogens is 1. The topological polar surface area (TPSA) is 26.0 Å². The van der Waals surface area contributed by atoms with Gasteiger partial charge in [0, 0.05) is 20.7 Å². The molecule has 1 aromatic rings. The number of nitrogens with two attached hydrogens (primary N) is 1. The van der Waals surface area contributed by atoms with Gasteiger partial charge in [-0.3, -0.25) is 0 Å². The van der Waals surface area contributed by atoms with Crippen LogP contribution in [0.2, 0.25) is 5.02 Å². The highest BCUT2D eigenvalue weighted by molar-refractivity contribution is 8.00. The van der Waals surface area contributed by atoms with E-state index in [1.54, 1.807) is 0 Å². The lowest BCUT2D eigenvalue weighted by Gasteiger charge is -2.18. The Morgan fingerprint density at radius 3 is 2.47 bits per heavy atom. The summed E-state index contributed by atoms with van der Waals surface area (Å²) in [6, 6.07) is 6.49. The van der Waals surface area contributed by atoms with Gasteiger partial charge in [-0.2, -0.15) is 0 Å². The molecule has 1 unspecified atom stereocenters. The van der Waals surface area contributed by atoms with Crippen molar-refractivity contribution in [3.8, 4) is 0 Å². The maximum Gasteiger partial charge on any atom is 0.0449 e. The standard InChI is InChI=1S/C14H22ClNS/c1-5-11(16)8-10-6-7-12(9-13(10)15)17-14(2,3)4/h6-7,9,11H,5,8,16H2,1-4H3. The van der Waals surface area contributed by atoms with Crippen molar-refractivity contribution in [1.82, 2.24) is 0 Å². The van der Waals surface area contributed by atoms with Gasteiger partial charge < -0.3 is 5.73 Å². The summed E-state index contributed by atoms with van der Waals surface area (Å²) in [5.41, 5.74) is 7.10. The van der Waals surface area contributed by atoms with Crippen LogP contribution in [0, 0.1) is 0 Å². The second-order valence-electron chi connectivity index (χ2n) is 5.34. The second kappa shape index (κ2) is 6.12. The highest BCUT2D eigenvalue weighted by Gasteiger charge is 2.13. The number of rotatable bonds is 4. The van der Waals surface area contributed by atoms with Gasteiger partial charge in [0.15, 0.2) is 0 Å². The largest absolute Gasteiger partial charge is 0.327 e. The summed E-state index contributed by atoms with van der Waals surface area (Å²) in [6.07, 6.45) is 1.84. The van der Waals surface area contributed by atoms with Gasteiger partial charge in [0.2, 0.25) is 0 Å². The van der Waals surface area contributed by atoms with Crippen molar-refractivity contribution in [3.63, 3.8) is 0 Å². The Morgan fingerprint density at radius 2 is 2.00 bits per heavy atom. The lowest BCUT2D eigenvalue weighted by molar-refractivity contribution is 0.646. The molecule has 1 nitrogen and oxygen atoms in total. The Labute approximate surface area is 114 Å². The summed E-state index contributed by atoms with van der Waals surface area (Å²) in [5, 5.41) is 0.836. The first-order valence-corrected chi connectivity index (χ1v) is 7.24. The van der Waals surface area contributed by atoms with Gasteiger partial charge in [-0.1, -0.05) is 45.4 Å². The van der Waals surface area contributed by atoms with E-state index in [4.69, 9.17) is 17.3 Å². The zero-order valence-electron chi connectivity index (χ0n) is 11.1. The molecule has 3 heteroatoms. The molecular weight excluding hydrogens is 250 g/mol. The summed E-state index contributed by atoms with van der Waals surface area (Å²) in [6.45, 7) is 8.70. The van der Waals surface area contributed by atoms with Crippen LogP contribution >= 0.6 is 23.4 Å². The minimum absolute atomic E-state index is 0.202. The monoisotopic (exact) mass is 271 g/mol. The van der Waals surface area contributed by atoms with E-state index in [1.165, 1.54) is 4.90 Å². The van der Waals surface area contributed by atoms with Crippen molar-refractivity contribution in [2.24, 2.45) is 5.73 Å². The predicted molar refractivity (Wildman–Crippen MR) is 79.0 cm³/mol. The van der Waals surface area contributed by atoms with Crippen LogP contribution in [0.4, 0.5) is 0 Å².